The second kappa shape index (κ2) is 8.05. The van der Waals surface area contributed by atoms with Crippen LogP contribution < -0.4 is 0 Å². The summed E-state index contributed by atoms with van der Waals surface area (Å²) in [4.78, 5) is 13.3. The molecule has 0 atom stereocenters. The number of carbonyl (C=O) groups is 1. The van der Waals surface area contributed by atoms with Gasteiger partial charge in [0, 0.05) is 18.1 Å². The summed E-state index contributed by atoms with van der Waals surface area (Å²) in [6.07, 6.45) is 0. The Hall–Kier alpha value is -1.80. The van der Waals surface area contributed by atoms with Gasteiger partial charge in [-0.05, 0) is 35.4 Å². The molecular formula is C17H16BrF2NO3S. The smallest absolute Gasteiger partial charge is 0.237 e. The van der Waals surface area contributed by atoms with Crippen LogP contribution in [0, 0.1) is 11.6 Å². The maximum atomic E-state index is 13.2. The normalized spacial score (nSPS) is 11.4. The summed E-state index contributed by atoms with van der Waals surface area (Å²) in [7, 11) is -2.23. The monoisotopic (exact) mass is 431 g/mol. The number of halogens is 3. The van der Waals surface area contributed by atoms with Crippen molar-refractivity contribution in [3.63, 3.8) is 0 Å². The Morgan fingerprint density at radius 3 is 2.44 bits per heavy atom. The quantitative estimate of drug-likeness (QED) is 0.704. The van der Waals surface area contributed by atoms with Gasteiger partial charge in [0.25, 0.3) is 0 Å². The van der Waals surface area contributed by atoms with Gasteiger partial charge in [-0.3, -0.25) is 4.79 Å². The van der Waals surface area contributed by atoms with Gasteiger partial charge in [0.15, 0.2) is 21.5 Å². The summed E-state index contributed by atoms with van der Waals surface area (Å²) < 4.78 is 51.3. The van der Waals surface area contributed by atoms with E-state index in [1.807, 2.05) is 0 Å². The lowest BCUT2D eigenvalue weighted by Gasteiger charge is -2.17. The highest BCUT2D eigenvalue weighted by atomic mass is 79.9. The molecule has 25 heavy (non-hydrogen) atoms. The summed E-state index contributed by atoms with van der Waals surface area (Å²) >= 11 is 3.26. The fraction of sp³-hybridized carbons (Fsp3) is 0.235. The van der Waals surface area contributed by atoms with Crippen molar-refractivity contribution < 1.29 is 22.0 Å². The van der Waals surface area contributed by atoms with Gasteiger partial charge < -0.3 is 4.90 Å². The summed E-state index contributed by atoms with van der Waals surface area (Å²) in [6.45, 7) is -0.0115. The van der Waals surface area contributed by atoms with Gasteiger partial charge in [-0.15, -0.1) is 0 Å². The van der Waals surface area contributed by atoms with Crippen molar-refractivity contribution in [1.82, 2.24) is 4.90 Å². The largest absolute Gasteiger partial charge is 0.341 e. The van der Waals surface area contributed by atoms with Crippen LogP contribution in [0.15, 0.2) is 46.9 Å². The Kier molecular flexibility index (Phi) is 6.29. The molecule has 0 aliphatic carbocycles. The number of hydrogen-bond acceptors (Lipinski definition) is 3. The second-order valence-corrected chi connectivity index (χ2v) is 8.64. The van der Waals surface area contributed by atoms with Crippen LogP contribution in [0.2, 0.25) is 0 Å². The van der Waals surface area contributed by atoms with Crippen LogP contribution >= 0.6 is 15.9 Å². The van der Waals surface area contributed by atoms with Crippen LogP contribution in [0.5, 0.6) is 0 Å². The van der Waals surface area contributed by atoms with E-state index in [9.17, 15) is 22.0 Å². The number of amides is 1. The molecule has 2 rings (SSSR count). The average molecular weight is 432 g/mol. The molecule has 0 fully saturated rings. The van der Waals surface area contributed by atoms with E-state index in [1.54, 1.807) is 24.3 Å². The van der Waals surface area contributed by atoms with Crippen LogP contribution in [-0.4, -0.2) is 32.0 Å². The van der Waals surface area contributed by atoms with Crippen molar-refractivity contribution in [2.45, 2.75) is 12.3 Å². The van der Waals surface area contributed by atoms with Gasteiger partial charge in [-0.25, -0.2) is 17.2 Å². The minimum absolute atomic E-state index is 0.0115. The second-order valence-electron chi connectivity index (χ2n) is 5.66. The molecular weight excluding hydrogens is 416 g/mol. The molecule has 0 aliphatic heterocycles. The molecule has 0 spiro atoms. The van der Waals surface area contributed by atoms with Gasteiger partial charge in [-0.2, -0.15) is 0 Å². The molecule has 0 unspecified atom stereocenters. The first-order valence-corrected chi connectivity index (χ1v) is 9.90. The molecule has 4 nitrogen and oxygen atoms in total. The third kappa shape index (κ3) is 5.89. The Morgan fingerprint density at radius 1 is 1.08 bits per heavy atom. The molecule has 0 saturated carbocycles. The van der Waals surface area contributed by atoms with Crippen LogP contribution in [0.3, 0.4) is 0 Å². The van der Waals surface area contributed by atoms with Crippen molar-refractivity contribution in [2.24, 2.45) is 0 Å². The van der Waals surface area contributed by atoms with Crippen molar-refractivity contribution in [3.8, 4) is 0 Å². The third-order valence-electron chi connectivity index (χ3n) is 3.45. The van der Waals surface area contributed by atoms with E-state index in [1.165, 1.54) is 18.0 Å². The zero-order chi connectivity index (χ0) is 18.6. The summed E-state index contributed by atoms with van der Waals surface area (Å²) in [5.41, 5.74) is 0.949. The first kappa shape index (κ1) is 19.5. The fourth-order valence-corrected chi connectivity index (χ4v) is 4.06. The Bertz CT molecular complexity index is 887. The Morgan fingerprint density at radius 2 is 1.80 bits per heavy atom. The van der Waals surface area contributed by atoms with Gasteiger partial charge in [0.1, 0.15) is 5.75 Å². The average Bonchev–Trinajstić information content (AvgIpc) is 2.50. The lowest BCUT2D eigenvalue weighted by Crippen LogP contribution is -2.32. The van der Waals surface area contributed by atoms with Gasteiger partial charge in [0.05, 0.1) is 5.75 Å². The molecule has 0 aromatic heterocycles. The molecule has 2 aromatic rings. The zero-order valence-electron chi connectivity index (χ0n) is 13.4. The van der Waals surface area contributed by atoms with E-state index in [0.29, 0.717) is 11.1 Å². The van der Waals surface area contributed by atoms with Gasteiger partial charge in [-0.1, -0.05) is 34.1 Å². The molecule has 2 aromatic carbocycles. The van der Waals surface area contributed by atoms with Crippen molar-refractivity contribution in [1.29, 1.82) is 0 Å². The van der Waals surface area contributed by atoms with Crippen LogP contribution in [0.25, 0.3) is 0 Å². The van der Waals surface area contributed by atoms with Gasteiger partial charge >= 0.3 is 0 Å². The van der Waals surface area contributed by atoms with E-state index in [4.69, 9.17) is 0 Å². The molecule has 134 valence electrons. The lowest BCUT2D eigenvalue weighted by molar-refractivity contribution is -0.127. The molecule has 8 heteroatoms. The van der Waals surface area contributed by atoms with Crippen LogP contribution in [0.1, 0.15) is 11.1 Å². The van der Waals surface area contributed by atoms with Gasteiger partial charge in [0.2, 0.25) is 5.91 Å². The van der Waals surface area contributed by atoms with Crippen molar-refractivity contribution in [2.75, 3.05) is 12.8 Å². The van der Waals surface area contributed by atoms with Crippen LogP contribution in [-0.2, 0) is 26.9 Å². The van der Waals surface area contributed by atoms with E-state index in [0.717, 1.165) is 16.6 Å². The van der Waals surface area contributed by atoms with E-state index in [-0.39, 0.29) is 12.3 Å². The third-order valence-corrected chi connectivity index (χ3v) is 5.40. The number of hydrogen-bond donors (Lipinski definition) is 0. The summed E-state index contributed by atoms with van der Waals surface area (Å²) in [5.74, 6) is -3.51. The number of carbonyl (C=O) groups excluding carboxylic acids is 1. The van der Waals surface area contributed by atoms with Crippen molar-refractivity contribution >= 4 is 31.7 Å². The maximum absolute atomic E-state index is 13.2. The highest BCUT2D eigenvalue weighted by Gasteiger charge is 2.20. The molecule has 0 radical (unpaired) electrons. The number of benzene rings is 2. The molecule has 0 heterocycles. The van der Waals surface area contributed by atoms with E-state index < -0.39 is 33.1 Å². The zero-order valence-corrected chi connectivity index (χ0v) is 15.8. The minimum Gasteiger partial charge on any atom is -0.341 e. The molecule has 0 aliphatic rings. The SMILES string of the molecule is CN(Cc1ccc(F)c(F)c1)C(=O)CS(=O)(=O)Cc1cccc(Br)c1. The lowest BCUT2D eigenvalue weighted by atomic mass is 10.2. The molecule has 0 saturated heterocycles. The Balaban J connectivity index is 2.00. The molecule has 1 amide bonds. The van der Waals surface area contributed by atoms with Crippen LogP contribution in [0.4, 0.5) is 8.78 Å². The predicted molar refractivity (Wildman–Crippen MR) is 94.5 cm³/mol. The fourth-order valence-electron chi connectivity index (χ4n) is 2.23. The predicted octanol–water partition coefficient (Wildman–Crippen LogP) is 3.30. The van der Waals surface area contributed by atoms with Crippen molar-refractivity contribution in [3.05, 3.63) is 69.7 Å². The minimum atomic E-state index is -3.65. The molecule has 0 bridgehead atoms. The summed E-state index contributed by atoms with van der Waals surface area (Å²) in [5, 5.41) is 0. The van der Waals surface area contributed by atoms with E-state index in [2.05, 4.69) is 15.9 Å². The maximum Gasteiger partial charge on any atom is 0.237 e. The number of sulfone groups is 1. The highest BCUT2D eigenvalue weighted by molar-refractivity contribution is 9.10. The topological polar surface area (TPSA) is 54.5 Å². The Labute approximate surface area is 153 Å². The number of rotatable bonds is 6. The highest BCUT2D eigenvalue weighted by Crippen LogP contribution is 2.15. The van der Waals surface area contributed by atoms with E-state index >= 15 is 0 Å². The first-order valence-electron chi connectivity index (χ1n) is 7.29. The standard InChI is InChI=1S/C17H16BrF2NO3S/c1-21(9-12-5-6-15(19)16(20)8-12)17(22)11-25(23,24)10-13-3-2-4-14(18)7-13/h2-8H,9-11H2,1H3. The molecule has 0 N–H and O–H groups in total. The summed E-state index contributed by atoms with van der Waals surface area (Å²) in [6, 6.07) is 10.1. The number of nitrogens with zero attached hydrogens (tertiary/aromatic N) is 1. The first-order chi connectivity index (χ1) is 11.7.